The average molecular weight is 250 g/mol. The van der Waals surface area contributed by atoms with Crippen LogP contribution in [-0.4, -0.2) is 41.9 Å². The van der Waals surface area contributed by atoms with Gasteiger partial charge >= 0.3 is 0 Å². The number of rotatable bonds is 2. The number of benzene rings is 1. The number of anilines is 1. The van der Waals surface area contributed by atoms with E-state index in [0.717, 1.165) is 13.1 Å². The topological polar surface area (TPSA) is 101 Å². The number of nitrogen functional groups attached to an aromatic ring is 1. The number of nitrogens with one attached hydrogen (secondary N) is 1. The molecule has 18 heavy (non-hydrogen) atoms. The zero-order chi connectivity index (χ0) is 13.1. The number of nitrogens with two attached hydrogens (primary N) is 1. The summed E-state index contributed by atoms with van der Waals surface area (Å²) in [6.45, 7) is 2.61. The maximum atomic E-state index is 12.2. The van der Waals surface area contributed by atoms with Gasteiger partial charge in [-0.05, 0) is 6.07 Å². The van der Waals surface area contributed by atoms with Crippen LogP contribution < -0.4 is 11.1 Å². The summed E-state index contributed by atoms with van der Waals surface area (Å²) in [6, 6.07) is 3.93. The summed E-state index contributed by atoms with van der Waals surface area (Å²) >= 11 is 0. The first-order valence-corrected chi connectivity index (χ1v) is 5.63. The number of nitro benzene ring substituents is 1. The summed E-state index contributed by atoms with van der Waals surface area (Å²) in [5.41, 5.74) is 6.06. The highest BCUT2D eigenvalue weighted by Crippen LogP contribution is 2.21. The monoisotopic (exact) mass is 250 g/mol. The van der Waals surface area contributed by atoms with E-state index < -0.39 is 4.92 Å². The summed E-state index contributed by atoms with van der Waals surface area (Å²) in [6.07, 6.45) is 0. The molecule has 0 aliphatic carbocycles. The van der Waals surface area contributed by atoms with Crippen molar-refractivity contribution in [1.82, 2.24) is 10.2 Å². The van der Waals surface area contributed by atoms with Crippen molar-refractivity contribution in [3.8, 4) is 0 Å². The molecule has 1 aromatic carbocycles. The first kappa shape index (κ1) is 12.3. The van der Waals surface area contributed by atoms with E-state index in [4.69, 9.17) is 5.73 Å². The van der Waals surface area contributed by atoms with Gasteiger partial charge in [-0.1, -0.05) is 0 Å². The van der Waals surface area contributed by atoms with Crippen LogP contribution in [0.15, 0.2) is 18.2 Å². The van der Waals surface area contributed by atoms with E-state index in [1.165, 1.54) is 18.2 Å². The lowest BCUT2D eigenvalue weighted by atomic mass is 10.1. The molecule has 96 valence electrons. The van der Waals surface area contributed by atoms with E-state index in [1.54, 1.807) is 4.90 Å². The van der Waals surface area contributed by atoms with Crippen LogP contribution in [0.25, 0.3) is 0 Å². The first-order valence-electron chi connectivity index (χ1n) is 5.63. The van der Waals surface area contributed by atoms with Gasteiger partial charge in [0, 0.05) is 44.0 Å². The van der Waals surface area contributed by atoms with Crippen LogP contribution in [-0.2, 0) is 0 Å². The fraction of sp³-hybridized carbons (Fsp3) is 0.364. The fourth-order valence-electron chi connectivity index (χ4n) is 1.88. The SMILES string of the molecule is Nc1ccc([N+](=O)[O-])cc1C(=O)N1CCNCC1. The predicted octanol–water partition coefficient (Wildman–Crippen LogP) is 0.222. The van der Waals surface area contributed by atoms with E-state index in [1.807, 2.05) is 0 Å². The number of amides is 1. The summed E-state index contributed by atoms with van der Waals surface area (Å²) < 4.78 is 0. The van der Waals surface area contributed by atoms with Gasteiger partial charge in [0.25, 0.3) is 11.6 Å². The third-order valence-corrected chi connectivity index (χ3v) is 2.88. The number of carbonyl (C=O) groups excluding carboxylic acids is 1. The molecule has 1 amide bonds. The summed E-state index contributed by atoms with van der Waals surface area (Å²) in [5, 5.41) is 13.8. The number of hydrogen-bond acceptors (Lipinski definition) is 5. The molecule has 1 saturated heterocycles. The number of piperazine rings is 1. The van der Waals surface area contributed by atoms with Gasteiger partial charge in [0.15, 0.2) is 0 Å². The lowest BCUT2D eigenvalue weighted by Gasteiger charge is -2.27. The standard InChI is InChI=1S/C11H14N4O3/c12-10-2-1-8(15(17)18)7-9(10)11(16)14-5-3-13-4-6-14/h1-2,7,13H,3-6,12H2. The van der Waals surface area contributed by atoms with Crippen molar-refractivity contribution in [2.24, 2.45) is 0 Å². The van der Waals surface area contributed by atoms with Gasteiger partial charge in [-0.3, -0.25) is 14.9 Å². The second-order valence-corrected chi connectivity index (χ2v) is 4.07. The summed E-state index contributed by atoms with van der Waals surface area (Å²) in [7, 11) is 0. The molecule has 0 aromatic heterocycles. The molecule has 7 heteroatoms. The number of hydrogen-bond donors (Lipinski definition) is 2. The Labute approximate surface area is 104 Å². The molecule has 1 heterocycles. The van der Waals surface area contributed by atoms with Crippen molar-refractivity contribution in [3.05, 3.63) is 33.9 Å². The fourth-order valence-corrected chi connectivity index (χ4v) is 1.88. The van der Waals surface area contributed by atoms with Crippen molar-refractivity contribution < 1.29 is 9.72 Å². The highest BCUT2D eigenvalue weighted by atomic mass is 16.6. The van der Waals surface area contributed by atoms with Gasteiger partial charge in [-0.25, -0.2) is 0 Å². The van der Waals surface area contributed by atoms with Crippen molar-refractivity contribution in [3.63, 3.8) is 0 Å². The van der Waals surface area contributed by atoms with E-state index in [0.29, 0.717) is 13.1 Å². The Morgan fingerprint density at radius 3 is 2.67 bits per heavy atom. The van der Waals surface area contributed by atoms with Crippen LogP contribution in [0.4, 0.5) is 11.4 Å². The normalized spacial score (nSPS) is 15.4. The van der Waals surface area contributed by atoms with Gasteiger partial charge in [0.2, 0.25) is 0 Å². The highest BCUT2D eigenvalue weighted by molar-refractivity contribution is 5.99. The third-order valence-electron chi connectivity index (χ3n) is 2.88. The van der Waals surface area contributed by atoms with Crippen LogP contribution in [0.1, 0.15) is 10.4 Å². The van der Waals surface area contributed by atoms with Gasteiger partial charge in [0.1, 0.15) is 0 Å². The zero-order valence-electron chi connectivity index (χ0n) is 9.76. The van der Waals surface area contributed by atoms with Crippen molar-refractivity contribution in [2.45, 2.75) is 0 Å². The lowest BCUT2D eigenvalue weighted by molar-refractivity contribution is -0.384. The molecule has 3 N–H and O–H groups in total. The summed E-state index contributed by atoms with van der Waals surface area (Å²) in [5.74, 6) is -0.252. The number of non-ortho nitro benzene ring substituents is 1. The predicted molar refractivity (Wildman–Crippen MR) is 66.3 cm³/mol. The highest BCUT2D eigenvalue weighted by Gasteiger charge is 2.22. The third kappa shape index (κ3) is 2.40. The second kappa shape index (κ2) is 5.01. The Morgan fingerprint density at radius 2 is 2.06 bits per heavy atom. The minimum atomic E-state index is -0.534. The molecule has 1 aliphatic heterocycles. The smallest absolute Gasteiger partial charge is 0.270 e. The van der Waals surface area contributed by atoms with E-state index >= 15 is 0 Å². The largest absolute Gasteiger partial charge is 0.398 e. The minimum absolute atomic E-state index is 0.123. The Morgan fingerprint density at radius 1 is 1.39 bits per heavy atom. The number of carbonyl (C=O) groups is 1. The minimum Gasteiger partial charge on any atom is -0.398 e. The van der Waals surface area contributed by atoms with Crippen molar-refractivity contribution in [1.29, 1.82) is 0 Å². The van der Waals surface area contributed by atoms with Crippen LogP contribution >= 0.6 is 0 Å². The molecule has 0 atom stereocenters. The zero-order valence-corrected chi connectivity index (χ0v) is 9.76. The Bertz CT molecular complexity index is 483. The van der Waals surface area contributed by atoms with E-state index in [2.05, 4.69) is 5.32 Å². The molecular weight excluding hydrogens is 236 g/mol. The molecule has 0 radical (unpaired) electrons. The molecular formula is C11H14N4O3. The Balaban J connectivity index is 2.28. The molecule has 1 aromatic rings. The van der Waals surface area contributed by atoms with E-state index in [9.17, 15) is 14.9 Å². The molecule has 0 unspecified atom stereocenters. The Hall–Kier alpha value is -2.15. The number of nitrogens with zero attached hydrogens (tertiary/aromatic N) is 2. The molecule has 0 saturated carbocycles. The Kier molecular flexibility index (Phi) is 3.42. The van der Waals surface area contributed by atoms with Gasteiger partial charge < -0.3 is 16.0 Å². The maximum Gasteiger partial charge on any atom is 0.270 e. The molecule has 1 fully saturated rings. The first-order chi connectivity index (χ1) is 8.59. The van der Waals surface area contributed by atoms with Crippen LogP contribution in [0, 0.1) is 10.1 Å². The molecule has 7 nitrogen and oxygen atoms in total. The van der Waals surface area contributed by atoms with Crippen molar-refractivity contribution >= 4 is 17.3 Å². The number of nitro groups is 1. The lowest BCUT2D eigenvalue weighted by Crippen LogP contribution is -2.46. The average Bonchev–Trinajstić information content (AvgIpc) is 2.39. The van der Waals surface area contributed by atoms with Crippen LogP contribution in [0.5, 0.6) is 0 Å². The maximum absolute atomic E-state index is 12.2. The van der Waals surface area contributed by atoms with Gasteiger partial charge in [0.05, 0.1) is 10.5 Å². The van der Waals surface area contributed by atoms with Gasteiger partial charge in [-0.2, -0.15) is 0 Å². The molecule has 0 spiro atoms. The summed E-state index contributed by atoms with van der Waals surface area (Å²) in [4.78, 5) is 24.0. The molecule has 1 aliphatic rings. The van der Waals surface area contributed by atoms with Crippen LogP contribution in [0.2, 0.25) is 0 Å². The van der Waals surface area contributed by atoms with Crippen LogP contribution in [0.3, 0.4) is 0 Å². The van der Waals surface area contributed by atoms with Gasteiger partial charge in [-0.15, -0.1) is 0 Å². The second-order valence-electron chi connectivity index (χ2n) is 4.07. The van der Waals surface area contributed by atoms with E-state index in [-0.39, 0.29) is 22.8 Å². The van der Waals surface area contributed by atoms with Crippen molar-refractivity contribution in [2.75, 3.05) is 31.9 Å². The quantitative estimate of drug-likeness (QED) is 0.444. The molecule has 0 bridgehead atoms. The molecule has 2 rings (SSSR count).